The zero-order valence-electron chi connectivity index (χ0n) is 14.2. The lowest BCUT2D eigenvalue weighted by molar-refractivity contribution is -0.118. The second-order valence-corrected chi connectivity index (χ2v) is 10.1. The van der Waals surface area contributed by atoms with Crippen LogP contribution in [-0.4, -0.2) is 42.7 Å². The molecule has 0 aromatic carbocycles. The molecule has 1 fully saturated rings. The van der Waals surface area contributed by atoms with Crippen LogP contribution in [-0.2, 0) is 24.8 Å². The van der Waals surface area contributed by atoms with Crippen molar-refractivity contribution < 1.29 is 22.5 Å². The highest BCUT2D eigenvalue weighted by atomic mass is 32.2. The second-order valence-electron chi connectivity index (χ2n) is 7.32. The van der Waals surface area contributed by atoms with Crippen molar-refractivity contribution in [3.05, 3.63) is 11.8 Å². The molecule has 1 atom stereocenters. The Balaban J connectivity index is 2.17. The van der Waals surface area contributed by atoms with Gasteiger partial charge in [0.1, 0.15) is 4.75 Å². The average Bonchev–Trinajstić information content (AvgIpc) is 3.08. The summed E-state index contributed by atoms with van der Waals surface area (Å²) in [4.78, 5) is 12.5. The number of amides is 1. The molecule has 8 heteroatoms. The molecule has 0 radical (unpaired) electrons. The number of nitrogens with one attached hydrogen (secondary N) is 1. The lowest BCUT2D eigenvalue weighted by Crippen LogP contribution is -2.49. The fourth-order valence-electron chi connectivity index (χ4n) is 2.25. The van der Waals surface area contributed by atoms with Crippen molar-refractivity contribution >= 4 is 21.6 Å². The minimum Gasteiger partial charge on any atom is -0.380 e. The maximum absolute atomic E-state index is 12.7. The number of nitrogens with zero attached hydrogens (tertiary/aromatic N) is 1. The largest absolute Gasteiger partial charge is 0.380 e. The number of carbonyl (C=O) groups is 1. The summed E-state index contributed by atoms with van der Waals surface area (Å²) in [6.07, 6.45) is 0.412. The fourth-order valence-corrected chi connectivity index (χ4v) is 4.08. The summed E-state index contributed by atoms with van der Waals surface area (Å²) in [5.41, 5.74) is 0.451. The first-order chi connectivity index (χ1) is 10.5. The third-order valence-corrected chi connectivity index (χ3v) is 6.96. The molecule has 0 spiro atoms. The highest BCUT2D eigenvalue weighted by molar-refractivity contribution is 7.94. The Kier molecular flexibility index (Phi) is 4.60. The molecule has 7 nitrogen and oxygen atoms in total. The number of hydrogen-bond donors (Lipinski definition) is 1. The Morgan fingerprint density at radius 1 is 1.30 bits per heavy atom. The first-order valence-electron chi connectivity index (χ1n) is 7.56. The average molecular weight is 344 g/mol. The van der Waals surface area contributed by atoms with Crippen LogP contribution in [0, 0.1) is 0 Å². The zero-order chi connectivity index (χ0) is 17.5. The Morgan fingerprint density at radius 2 is 1.96 bits per heavy atom. The number of hydrogen-bond acceptors (Lipinski definition) is 6. The first kappa shape index (κ1) is 17.9. The molecule has 130 valence electrons. The van der Waals surface area contributed by atoms with Gasteiger partial charge in [0, 0.05) is 18.1 Å². The van der Waals surface area contributed by atoms with E-state index in [2.05, 4.69) is 10.5 Å². The van der Waals surface area contributed by atoms with E-state index in [0.29, 0.717) is 18.7 Å². The summed E-state index contributed by atoms with van der Waals surface area (Å²) >= 11 is 0. The van der Waals surface area contributed by atoms with Crippen molar-refractivity contribution in [2.75, 3.05) is 18.5 Å². The van der Waals surface area contributed by atoms with E-state index in [0.717, 1.165) is 0 Å². The van der Waals surface area contributed by atoms with Crippen LogP contribution in [0.3, 0.4) is 0 Å². The smallest absolute Gasteiger partial charge is 0.247 e. The van der Waals surface area contributed by atoms with Crippen molar-refractivity contribution in [3.63, 3.8) is 0 Å². The number of carbonyl (C=O) groups excluding carboxylic acids is 1. The lowest BCUT2D eigenvalue weighted by atomic mass is 9.92. The van der Waals surface area contributed by atoms with Crippen molar-refractivity contribution in [1.82, 2.24) is 5.16 Å². The van der Waals surface area contributed by atoms with Gasteiger partial charge in [-0.3, -0.25) is 10.1 Å². The van der Waals surface area contributed by atoms with E-state index in [4.69, 9.17) is 9.26 Å². The summed E-state index contributed by atoms with van der Waals surface area (Å²) in [6.45, 7) is 9.23. The number of rotatable bonds is 4. The standard InChI is InChI=1S/C15H24N2O5S/c1-14(2,3)11-8-12(22-17-11)16-13(18)15(4,5)23(19,20)10-6-7-21-9-10/h8,10H,6-7,9H2,1-5H3,(H,16,18). The van der Waals surface area contributed by atoms with Gasteiger partial charge in [-0.15, -0.1) is 0 Å². The summed E-state index contributed by atoms with van der Waals surface area (Å²) in [5, 5.41) is 5.77. The zero-order valence-corrected chi connectivity index (χ0v) is 15.0. The lowest BCUT2D eigenvalue weighted by Gasteiger charge is -2.26. The SMILES string of the molecule is CC(C)(C)c1cc(NC(=O)C(C)(C)S(=O)(=O)C2CCOC2)on1. The van der Waals surface area contributed by atoms with Gasteiger partial charge >= 0.3 is 0 Å². The number of aromatic nitrogens is 1. The minimum absolute atomic E-state index is 0.134. The molecular weight excluding hydrogens is 320 g/mol. The van der Waals surface area contributed by atoms with Gasteiger partial charge in [0.2, 0.25) is 11.8 Å². The predicted molar refractivity (Wildman–Crippen MR) is 86.1 cm³/mol. The van der Waals surface area contributed by atoms with Gasteiger partial charge in [0.05, 0.1) is 17.6 Å². The van der Waals surface area contributed by atoms with E-state index < -0.39 is 25.7 Å². The van der Waals surface area contributed by atoms with Gasteiger partial charge < -0.3 is 9.26 Å². The summed E-state index contributed by atoms with van der Waals surface area (Å²) < 4.78 is 34.0. The normalized spacial score (nSPS) is 19.8. The van der Waals surface area contributed by atoms with Gasteiger partial charge in [-0.2, -0.15) is 0 Å². The van der Waals surface area contributed by atoms with Crippen LogP contribution in [0.2, 0.25) is 0 Å². The number of sulfone groups is 1. The molecule has 23 heavy (non-hydrogen) atoms. The van der Waals surface area contributed by atoms with E-state index in [1.54, 1.807) is 6.07 Å². The Morgan fingerprint density at radius 3 is 2.43 bits per heavy atom. The third kappa shape index (κ3) is 3.42. The monoisotopic (exact) mass is 344 g/mol. The van der Waals surface area contributed by atoms with Crippen LogP contribution < -0.4 is 5.32 Å². The van der Waals surface area contributed by atoms with Gasteiger partial charge in [-0.1, -0.05) is 25.9 Å². The van der Waals surface area contributed by atoms with Gasteiger partial charge in [-0.05, 0) is 20.3 Å². The predicted octanol–water partition coefficient (Wildman–Crippen LogP) is 1.89. The Bertz CT molecular complexity index is 679. The molecule has 1 aromatic heterocycles. The van der Waals surface area contributed by atoms with Crippen molar-refractivity contribution in [1.29, 1.82) is 0 Å². The van der Waals surface area contributed by atoms with Crippen molar-refractivity contribution in [2.24, 2.45) is 0 Å². The first-order valence-corrected chi connectivity index (χ1v) is 9.11. The Labute approximate surface area is 136 Å². The molecular formula is C15H24N2O5S. The highest BCUT2D eigenvalue weighted by Gasteiger charge is 2.47. The van der Waals surface area contributed by atoms with Crippen LogP contribution in [0.15, 0.2) is 10.6 Å². The molecule has 0 saturated carbocycles. The molecule has 1 unspecified atom stereocenters. The van der Waals surface area contributed by atoms with Crippen LogP contribution in [0.1, 0.15) is 46.7 Å². The van der Waals surface area contributed by atoms with E-state index in [1.807, 2.05) is 20.8 Å². The van der Waals surface area contributed by atoms with Gasteiger partial charge in [0.25, 0.3) is 0 Å². The van der Waals surface area contributed by atoms with Crippen molar-refractivity contribution in [2.45, 2.75) is 56.5 Å². The van der Waals surface area contributed by atoms with E-state index in [1.165, 1.54) is 13.8 Å². The molecule has 0 aliphatic carbocycles. The quantitative estimate of drug-likeness (QED) is 0.895. The number of ether oxygens (including phenoxy) is 1. The second kappa shape index (κ2) is 5.90. The topological polar surface area (TPSA) is 98.5 Å². The third-order valence-electron chi connectivity index (χ3n) is 4.10. The van der Waals surface area contributed by atoms with Crippen LogP contribution in [0.25, 0.3) is 0 Å². The summed E-state index contributed by atoms with van der Waals surface area (Å²) in [7, 11) is -3.68. The van der Waals surface area contributed by atoms with E-state index in [9.17, 15) is 13.2 Å². The molecule has 1 N–H and O–H groups in total. The van der Waals surface area contributed by atoms with E-state index >= 15 is 0 Å². The molecule has 1 aliphatic heterocycles. The summed E-state index contributed by atoms with van der Waals surface area (Å²) in [6, 6.07) is 1.61. The maximum atomic E-state index is 12.7. The molecule has 1 saturated heterocycles. The minimum atomic E-state index is -3.68. The van der Waals surface area contributed by atoms with Crippen LogP contribution >= 0.6 is 0 Å². The number of anilines is 1. The van der Waals surface area contributed by atoms with E-state index in [-0.39, 0.29) is 17.9 Å². The molecule has 2 heterocycles. The van der Waals surface area contributed by atoms with Gasteiger partial charge in [-0.25, -0.2) is 8.42 Å². The molecule has 1 aliphatic rings. The van der Waals surface area contributed by atoms with Crippen LogP contribution in [0.4, 0.5) is 5.88 Å². The maximum Gasteiger partial charge on any atom is 0.247 e. The molecule has 2 rings (SSSR count). The molecule has 0 bridgehead atoms. The summed E-state index contributed by atoms with van der Waals surface area (Å²) in [5.74, 6) is -0.494. The van der Waals surface area contributed by atoms with Gasteiger partial charge in [0.15, 0.2) is 9.84 Å². The van der Waals surface area contributed by atoms with Crippen LogP contribution in [0.5, 0.6) is 0 Å². The Hall–Kier alpha value is -1.41. The fraction of sp³-hybridized carbons (Fsp3) is 0.733. The molecule has 1 aromatic rings. The molecule has 1 amide bonds. The highest BCUT2D eigenvalue weighted by Crippen LogP contribution is 2.29. The van der Waals surface area contributed by atoms with Crippen molar-refractivity contribution in [3.8, 4) is 0 Å².